The fourth-order valence-corrected chi connectivity index (χ4v) is 5.12. The molecule has 32 heavy (non-hydrogen) atoms. The van der Waals surface area contributed by atoms with Crippen LogP contribution in [-0.4, -0.2) is 158 Å². The Morgan fingerprint density at radius 3 is 1.69 bits per heavy atom. The number of nitrogens with zero attached hydrogens (tertiary/aromatic N) is 3. The van der Waals surface area contributed by atoms with Crippen molar-refractivity contribution in [3.05, 3.63) is 0 Å². The van der Waals surface area contributed by atoms with Gasteiger partial charge in [0, 0.05) is 143 Å². The molecular weight excluding hydrogens is 404 g/mol. The SMILES string of the molecule is NCCNCCNCCN1CCNCC1C1CNCCN1CCNCCN1CCNCC1. The highest BCUT2D eigenvalue weighted by Gasteiger charge is 2.34. The lowest BCUT2D eigenvalue weighted by molar-refractivity contribution is 0.0473. The van der Waals surface area contributed by atoms with Crippen LogP contribution in [0.3, 0.4) is 0 Å². The number of nitrogens with one attached hydrogen (secondary N) is 6. The zero-order valence-corrected chi connectivity index (χ0v) is 20.2. The summed E-state index contributed by atoms with van der Waals surface area (Å²) >= 11 is 0. The van der Waals surface area contributed by atoms with Gasteiger partial charge in [-0.1, -0.05) is 0 Å². The molecule has 10 heteroatoms. The van der Waals surface area contributed by atoms with Crippen molar-refractivity contribution in [1.29, 1.82) is 0 Å². The molecule has 0 saturated carbocycles. The Balaban J connectivity index is 1.35. The molecule has 0 spiro atoms. The van der Waals surface area contributed by atoms with Crippen LogP contribution in [0.5, 0.6) is 0 Å². The summed E-state index contributed by atoms with van der Waals surface area (Å²) < 4.78 is 0. The normalized spacial score (nSPS) is 26.5. The van der Waals surface area contributed by atoms with Crippen molar-refractivity contribution >= 4 is 0 Å². The maximum atomic E-state index is 5.53. The number of rotatable bonds is 15. The summed E-state index contributed by atoms with van der Waals surface area (Å²) in [7, 11) is 0. The molecule has 3 aliphatic rings. The van der Waals surface area contributed by atoms with E-state index in [1.807, 2.05) is 0 Å². The summed E-state index contributed by atoms with van der Waals surface area (Å²) in [5, 5.41) is 21.4. The van der Waals surface area contributed by atoms with Crippen LogP contribution in [0.4, 0.5) is 0 Å². The fraction of sp³-hybridized carbons (Fsp3) is 1.00. The molecule has 0 aromatic carbocycles. The molecule has 0 aromatic rings. The van der Waals surface area contributed by atoms with Gasteiger partial charge in [0.25, 0.3) is 0 Å². The summed E-state index contributed by atoms with van der Waals surface area (Å²) in [6.07, 6.45) is 0. The van der Waals surface area contributed by atoms with E-state index in [2.05, 4.69) is 46.6 Å². The molecule has 0 radical (unpaired) electrons. The molecule has 3 saturated heterocycles. The highest BCUT2D eigenvalue weighted by Crippen LogP contribution is 2.15. The smallest absolute Gasteiger partial charge is 0.0389 e. The van der Waals surface area contributed by atoms with Gasteiger partial charge in [0.2, 0.25) is 0 Å². The van der Waals surface area contributed by atoms with E-state index in [0.29, 0.717) is 18.6 Å². The lowest BCUT2D eigenvalue weighted by atomic mass is 10.0. The van der Waals surface area contributed by atoms with Gasteiger partial charge >= 0.3 is 0 Å². The van der Waals surface area contributed by atoms with Gasteiger partial charge in [0.05, 0.1) is 0 Å². The summed E-state index contributed by atoms with van der Waals surface area (Å²) in [6, 6.07) is 1.16. The lowest BCUT2D eigenvalue weighted by Crippen LogP contribution is -2.66. The predicted molar refractivity (Wildman–Crippen MR) is 133 cm³/mol. The van der Waals surface area contributed by atoms with E-state index >= 15 is 0 Å². The molecule has 3 heterocycles. The largest absolute Gasteiger partial charge is 0.329 e. The van der Waals surface area contributed by atoms with E-state index in [4.69, 9.17) is 5.73 Å². The third-order valence-electron chi connectivity index (χ3n) is 7.01. The molecule has 0 bridgehead atoms. The average molecular weight is 455 g/mol. The molecule has 2 unspecified atom stereocenters. The Hall–Kier alpha value is -0.400. The number of hydrogen-bond donors (Lipinski definition) is 7. The van der Waals surface area contributed by atoms with Crippen LogP contribution >= 0.6 is 0 Å². The Morgan fingerprint density at radius 1 is 0.594 bits per heavy atom. The van der Waals surface area contributed by atoms with Gasteiger partial charge in [0.1, 0.15) is 0 Å². The van der Waals surface area contributed by atoms with Gasteiger partial charge in [-0.15, -0.1) is 0 Å². The van der Waals surface area contributed by atoms with E-state index in [-0.39, 0.29) is 0 Å². The zero-order chi connectivity index (χ0) is 22.3. The molecule has 10 nitrogen and oxygen atoms in total. The van der Waals surface area contributed by atoms with Crippen LogP contribution in [0.15, 0.2) is 0 Å². The molecule has 0 aliphatic carbocycles. The minimum absolute atomic E-state index is 0.578. The van der Waals surface area contributed by atoms with Crippen LogP contribution in [0.25, 0.3) is 0 Å². The van der Waals surface area contributed by atoms with Gasteiger partial charge in [-0.2, -0.15) is 0 Å². The van der Waals surface area contributed by atoms with E-state index in [9.17, 15) is 0 Å². The molecule has 0 amide bonds. The van der Waals surface area contributed by atoms with E-state index < -0.39 is 0 Å². The van der Waals surface area contributed by atoms with E-state index in [1.54, 1.807) is 0 Å². The Bertz CT molecular complexity index is 462. The molecular formula is C22H50N10. The van der Waals surface area contributed by atoms with Crippen LogP contribution in [-0.2, 0) is 0 Å². The first-order valence-electron chi connectivity index (χ1n) is 13.0. The number of hydrogen-bond acceptors (Lipinski definition) is 10. The zero-order valence-electron chi connectivity index (χ0n) is 20.2. The van der Waals surface area contributed by atoms with Crippen molar-refractivity contribution < 1.29 is 0 Å². The van der Waals surface area contributed by atoms with E-state index in [1.165, 1.54) is 19.6 Å². The van der Waals surface area contributed by atoms with Crippen LogP contribution in [0.1, 0.15) is 0 Å². The maximum absolute atomic E-state index is 5.53. The third kappa shape index (κ3) is 9.46. The number of piperazine rings is 3. The van der Waals surface area contributed by atoms with Crippen LogP contribution < -0.4 is 37.6 Å². The van der Waals surface area contributed by atoms with Crippen molar-refractivity contribution in [2.24, 2.45) is 5.73 Å². The van der Waals surface area contributed by atoms with Crippen LogP contribution in [0.2, 0.25) is 0 Å². The van der Waals surface area contributed by atoms with Crippen molar-refractivity contribution in [3.63, 3.8) is 0 Å². The second-order valence-electron chi connectivity index (χ2n) is 9.25. The minimum atomic E-state index is 0.578. The van der Waals surface area contributed by atoms with E-state index in [0.717, 1.165) is 105 Å². The lowest BCUT2D eigenvalue weighted by Gasteiger charge is -2.47. The molecule has 0 aromatic heterocycles. The summed E-state index contributed by atoms with van der Waals surface area (Å²) in [5.74, 6) is 0. The predicted octanol–water partition coefficient (Wildman–Crippen LogP) is -3.83. The molecule has 3 aliphatic heterocycles. The highest BCUT2D eigenvalue weighted by molar-refractivity contribution is 4.95. The first-order valence-corrected chi connectivity index (χ1v) is 13.0. The summed E-state index contributed by atoms with van der Waals surface area (Å²) in [5.41, 5.74) is 5.53. The molecule has 188 valence electrons. The van der Waals surface area contributed by atoms with Crippen molar-refractivity contribution in [3.8, 4) is 0 Å². The minimum Gasteiger partial charge on any atom is -0.329 e. The first kappa shape index (κ1) is 26.2. The summed E-state index contributed by atoms with van der Waals surface area (Å²) in [4.78, 5) is 7.99. The third-order valence-corrected chi connectivity index (χ3v) is 7.01. The number of nitrogens with two attached hydrogens (primary N) is 1. The second kappa shape index (κ2) is 16.3. The average Bonchev–Trinajstić information content (AvgIpc) is 2.84. The Labute approximate surface area is 195 Å². The molecule has 3 rings (SSSR count). The quantitative estimate of drug-likeness (QED) is 0.124. The van der Waals surface area contributed by atoms with Crippen LogP contribution in [0, 0.1) is 0 Å². The van der Waals surface area contributed by atoms with Crippen molar-refractivity contribution in [2.75, 3.05) is 131 Å². The molecule has 8 N–H and O–H groups in total. The molecule has 3 fully saturated rings. The van der Waals surface area contributed by atoms with Crippen molar-refractivity contribution in [2.45, 2.75) is 12.1 Å². The fourth-order valence-electron chi connectivity index (χ4n) is 5.12. The first-order chi connectivity index (χ1) is 15.9. The van der Waals surface area contributed by atoms with Gasteiger partial charge in [-0.25, -0.2) is 0 Å². The monoisotopic (exact) mass is 454 g/mol. The highest BCUT2D eigenvalue weighted by atomic mass is 15.3. The Kier molecular flexibility index (Phi) is 13.3. The van der Waals surface area contributed by atoms with Gasteiger partial charge in [-0.05, 0) is 0 Å². The molecule has 2 atom stereocenters. The van der Waals surface area contributed by atoms with Gasteiger partial charge in [0.15, 0.2) is 0 Å². The maximum Gasteiger partial charge on any atom is 0.0389 e. The standard InChI is InChI=1S/C22H50N10/c23-1-2-24-3-4-25-8-15-31-17-10-28-19-21(31)22-20-29-11-18-32(22)16-9-27-7-14-30-12-5-26-6-13-30/h21-22,24-29H,1-20,23H2. The summed E-state index contributed by atoms with van der Waals surface area (Å²) in [6.45, 7) is 21.6. The topological polar surface area (TPSA) is 108 Å². The van der Waals surface area contributed by atoms with Gasteiger partial charge < -0.3 is 37.6 Å². The van der Waals surface area contributed by atoms with Crippen molar-refractivity contribution in [1.82, 2.24) is 46.6 Å². The second-order valence-corrected chi connectivity index (χ2v) is 9.25. The van der Waals surface area contributed by atoms with Gasteiger partial charge in [-0.3, -0.25) is 14.7 Å². The Morgan fingerprint density at radius 2 is 1.09 bits per heavy atom.